The summed E-state index contributed by atoms with van der Waals surface area (Å²) in [5.41, 5.74) is 2.79. The highest BCUT2D eigenvalue weighted by molar-refractivity contribution is 5.92. The second kappa shape index (κ2) is 6.20. The smallest absolute Gasteiger partial charge is 0.269 e. The number of hydrogen-bond acceptors (Lipinski definition) is 4. The van der Waals surface area contributed by atoms with E-state index in [0.29, 0.717) is 29.9 Å². The number of carbonyl (C=O) groups is 1. The fourth-order valence-electron chi connectivity index (χ4n) is 1.22. The minimum absolute atomic E-state index is 0.172. The molecule has 0 aliphatic carbocycles. The van der Waals surface area contributed by atoms with Crippen LogP contribution in [0, 0.1) is 11.8 Å². The molecule has 0 aliphatic heterocycles. The van der Waals surface area contributed by atoms with Crippen molar-refractivity contribution in [1.82, 2.24) is 10.3 Å². The quantitative estimate of drug-likeness (QED) is 0.533. The van der Waals surface area contributed by atoms with Gasteiger partial charge in [0.2, 0.25) is 0 Å². The van der Waals surface area contributed by atoms with Gasteiger partial charge in [-0.3, -0.25) is 4.79 Å². The lowest BCUT2D eigenvalue weighted by Crippen LogP contribution is -2.30. The van der Waals surface area contributed by atoms with E-state index in [2.05, 4.69) is 36.5 Å². The van der Waals surface area contributed by atoms with E-state index in [9.17, 15) is 4.79 Å². The zero-order valence-corrected chi connectivity index (χ0v) is 10.5. The Balaban J connectivity index is 2.57. The monoisotopic (exact) mass is 236 g/mol. The highest BCUT2D eigenvalue weighted by atomic mass is 16.1. The van der Waals surface area contributed by atoms with Gasteiger partial charge in [-0.25, -0.2) is 10.8 Å². The Labute approximate surface area is 102 Å². The van der Waals surface area contributed by atoms with Crippen LogP contribution in [0.15, 0.2) is 18.2 Å². The third-order valence-electron chi connectivity index (χ3n) is 2.85. The third-order valence-corrected chi connectivity index (χ3v) is 2.85. The minimum atomic E-state index is -0.172. The van der Waals surface area contributed by atoms with Gasteiger partial charge in [-0.2, -0.15) is 0 Å². The molecule has 0 fully saturated rings. The lowest BCUT2D eigenvalue weighted by atomic mass is 9.98. The van der Waals surface area contributed by atoms with Gasteiger partial charge in [0.15, 0.2) is 0 Å². The average Bonchev–Trinajstić information content (AvgIpc) is 2.35. The number of aromatic nitrogens is 1. The molecule has 5 heteroatoms. The molecule has 1 amide bonds. The summed E-state index contributed by atoms with van der Waals surface area (Å²) in [5.74, 6) is 6.53. The molecule has 0 bridgehead atoms. The van der Waals surface area contributed by atoms with Crippen LogP contribution in [0.5, 0.6) is 0 Å². The van der Waals surface area contributed by atoms with Gasteiger partial charge < -0.3 is 10.7 Å². The average molecular weight is 236 g/mol. The molecular formula is C12H20N4O. The Morgan fingerprint density at radius 1 is 1.41 bits per heavy atom. The number of anilines is 1. The highest BCUT2D eigenvalue weighted by Gasteiger charge is 2.11. The molecule has 1 aromatic heterocycles. The summed E-state index contributed by atoms with van der Waals surface area (Å²) >= 11 is 0. The number of nitrogens with zero attached hydrogens (tertiary/aromatic N) is 1. The van der Waals surface area contributed by atoms with E-state index in [1.54, 1.807) is 18.2 Å². The van der Waals surface area contributed by atoms with Crippen LogP contribution in [-0.2, 0) is 0 Å². The van der Waals surface area contributed by atoms with Gasteiger partial charge in [-0.15, -0.1) is 0 Å². The summed E-state index contributed by atoms with van der Waals surface area (Å²) in [6, 6.07) is 5.10. The normalized spacial score (nSPS) is 12.3. The SMILES string of the molecule is CC(C)C(C)CNC(=O)c1cccc(NN)n1. The minimum Gasteiger partial charge on any atom is -0.350 e. The van der Waals surface area contributed by atoms with E-state index in [-0.39, 0.29) is 5.91 Å². The van der Waals surface area contributed by atoms with Gasteiger partial charge in [0.1, 0.15) is 11.5 Å². The van der Waals surface area contributed by atoms with Gasteiger partial charge in [0, 0.05) is 6.54 Å². The molecule has 5 nitrogen and oxygen atoms in total. The number of hydrazine groups is 1. The van der Waals surface area contributed by atoms with Crippen LogP contribution < -0.4 is 16.6 Å². The molecule has 94 valence electrons. The van der Waals surface area contributed by atoms with Crippen LogP contribution in [0.4, 0.5) is 5.82 Å². The summed E-state index contributed by atoms with van der Waals surface area (Å²) in [5, 5.41) is 2.86. The maximum atomic E-state index is 11.8. The number of nitrogen functional groups attached to an aromatic ring is 1. The largest absolute Gasteiger partial charge is 0.350 e. The van der Waals surface area contributed by atoms with E-state index in [4.69, 9.17) is 5.84 Å². The van der Waals surface area contributed by atoms with Crippen molar-refractivity contribution in [2.24, 2.45) is 17.7 Å². The Morgan fingerprint density at radius 2 is 2.12 bits per heavy atom. The number of nitrogens with two attached hydrogens (primary N) is 1. The molecule has 17 heavy (non-hydrogen) atoms. The first kappa shape index (κ1) is 13.4. The molecule has 0 saturated carbocycles. The van der Waals surface area contributed by atoms with Crippen molar-refractivity contribution < 1.29 is 4.79 Å². The zero-order valence-electron chi connectivity index (χ0n) is 10.5. The molecule has 1 heterocycles. The highest BCUT2D eigenvalue weighted by Crippen LogP contribution is 2.08. The molecule has 0 saturated heterocycles. The van der Waals surface area contributed by atoms with Crippen LogP contribution in [0.3, 0.4) is 0 Å². The number of pyridine rings is 1. The first-order valence-electron chi connectivity index (χ1n) is 5.76. The summed E-state index contributed by atoms with van der Waals surface area (Å²) in [6.45, 7) is 7.02. The van der Waals surface area contributed by atoms with Gasteiger partial charge in [-0.1, -0.05) is 26.8 Å². The Morgan fingerprint density at radius 3 is 2.71 bits per heavy atom. The summed E-state index contributed by atoms with van der Waals surface area (Å²) in [7, 11) is 0. The molecule has 1 rings (SSSR count). The van der Waals surface area contributed by atoms with Crippen molar-refractivity contribution in [1.29, 1.82) is 0 Å². The summed E-state index contributed by atoms with van der Waals surface area (Å²) in [4.78, 5) is 15.9. The van der Waals surface area contributed by atoms with Crippen LogP contribution in [0.1, 0.15) is 31.3 Å². The molecule has 0 aliphatic rings. The topological polar surface area (TPSA) is 80.0 Å². The summed E-state index contributed by atoms with van der Waals surface area (Å²) < 4.78 is 0. The maximum absolute atomic E-state index is 11.8. The van der Waals surface area contributed by atoms with E-state index < -0.39 is 0 Å². The number of nitrogens with one attached hydrogen (secondary N) is 2. The predicted molar refractivity (Wildman–Crippen MR) is 68.4 cm³/mol. The second-order valence-electron chi connectivity index (χ2n) is 4.48. The van der Waals surface area contributed by atoms with Crippen molar-refractivity contribution in [3.8, 4) is 0 Å². The Hall–Kier alpha value is -1.62. The van der Waals surface area contributed by atoms with E-state index in [1.807, 2.05) is 0 Å². The lowest BCUT2D eigenvalue weighted by molar-refractivity contribution is 0.0940. The van der Waals surface area contributed by atoms with E-state index in [0.717, 1.165) is 0 Å². The number of hydrogen-bond donors (Lipinski definition) is 3. The molecule has 1 unspecified atom stereocenters. The van der Waals surface area contributed by atoms with Gasteiger partial charge in [0.25, 0.3) is 5.91 Å². The lowest BCUT2D eigenvalue weighted by Gasteiger charge is -2.15. The van der Waals surface area contributed by atoms with Crippen LogP contribution in [-0.4, -0.2) is 17.4 Å². The fourth-order valence-corrected chi connectivity index (χ4v) is 1.22. The molecule has 0 spiro atoms. The van der Waals surface area contributed by atoms with Crippen LogP contribution in [0.2, 0.25) is 0 Å². The Kier molecular flexibility index (Phi) is 4.90. The van der Waals surface area contributed by atoms with Crippen molar-refractivity contribution in [2.75, 3.05) is 12.0 Å². The molecule has 0 radical (unpaired) electrons. The molecule has 4 N–H and O–H groups in total. The molecule has 0 aromatic carbocycles. The first-order valence-corrected chi connectivity index (χ1v) is 5.76. The standard InChI is InChI=1S/C12H20N4O/c1-8(2)9(3)7-14-12(17)10-5-4-6-11(15-10)16-13/h4-6,8-9H,7,13H2,1-3H3,(H,14,17)(H,15,16). The predicted octanol–water partition coefficient (Wildman–Crippen LogP) is 1.39. The number of amides is 1. The van der Waals surface area contributed by atoms with Gasteiger partial charge >= 0.3 is 0 Å². The third kappa shape index (κ3) is 4.03. The van der Waals surface area contributed by atoms with Crippen LogP contribution in [0.25, 0.3) is 0 Å². The van der Waals surface area contributed by atoms with Crippen LogP contribution >= 0.6 is 0 Å². The van der Waals surface area contributed by atoms with Crippen molar-refractivity contribution >= 4 is 11.7 Å². The van der Waals surface area contributed by atoms with E-state index in [1.165, 1.54) is 0 Å². The Bertz CT molecular complexity index is 379. The molecule has 1 aromatic rings. The maximum Gasteiger partial charge on any atom is 0.269 e. The summed E-state index contributed by atoms with van der Waals surface area (Å²) in [6.07, 6.45) is 0. The zero-order chi connectivity index (χ0) is 12.8. The van der Waals surface area contributed by atoms with Crippen molar-refractivity contribution in [3.05, 3.63) is 23.9 Å². The van der Waals surface area contributed by atoms with E-state index >= 15 is 0 Å². The number of rotatable bonds is 5. The van der Waals surface area contributed by atoms with Crippen molar-refractivity contribution in [3.63, 3.8) is 0 Å². The molecule has 1 atom stereocenters. The number of carbonyl (C=O) groups excluding carboxylic acids is 1. The molecular weight excluding hydrogens is 216 g/mol. The van der Waals surface area contributed by atoms with Gasteiger partial charge in [-0.05, 0) is 24.0 Å². The fraction of sp³-hybridized carbons (Fsp3) is 0.500. The van der Waals surface area contributed by atoms with Gasteiger partial charge in [0.05, 0.1) is 0 Å². The van der Waals surface area contributed by atoms with Crippen molar-refractivity contribution in [2.45, 2.75) is 20.8 Å². The second-order valence-corrected chi connectivity index (χ2v) is 4.48. The first-order chi connectivity index (χ1) is 8.04.